The van der Waals surface area contributed by atoms with Crippen molar-refractivity contribution in [1.29, 1.82) is 0 Å². The fraction of sp³-hybridized carbons (Fsp3) is 0.250. The molecule has 0 spiro atoms. The molecule has 5 heteroatoms. The Kier molecular flexibility index (Phi) is 5.72. The van der Waals surface area contributed by atoms with Gasteiger partial charge in [-0.1, -0.05) is 18.2 Å². The van der Waals surface area contributed by atoms with Crippen LogP contribution in [0.25, 0.3) is 0 Å². The molecule has 0 saturated carbocycles. The Labute approximate surface area is 124 Å². The maximum Gasteiger partial charge on any atom is 0.256 e. The summed E-state index contributed by atoms with van der Waals surface area (Å²) in [5.74, 6) is 0.371. The lowest BCUT2D eigenvalue weighted by Gasteiger charge is -2.07. The number of nitrogens with zero attached hydrogens (tertiary/aromatic N) is 1. The van der Waals surface area contributed by atoms with Crippen molar-refractivity contribution in [2.24, 2.45) is 0 Å². The zero-order valence-electron chi connectivity index (χ0n) is 12.0. The van der Waals surface area contributed by atoms with Crippen LogP contribution in [0.3, 0.4) is 0 Å². The zero-order chi connectivity index (χ0) is 14.9. The first-order valence-corrected chi connectivity index (χ1v) is 6.85. The van der Waals surface area contributed by atoms with Gasteiger partial charge in [0.05, 0.1) is 11.9 Å². The van der Waals surface area contributed by atoms with E-state index in [1.807, 2.05) is 24.3 Å². The van der Waals surface area contributed by atoms with Crippen molar-refractivity contribution < 1.29 is 9.53 Å². The summed E-state index contributed by atoms with van der Waals surface area (Å²) in [6.45, 7) is 1.55. The molecular formula is C16H19N3O2. The summed E-state index contributed by atoms with van der Waals surface area (Å²) in [5, 5.41) is 6.00. The van der Waals surface area contributed by atoms with Crippen LogP contribution in [0, 0.1) is 0 Å². The van der Waals surface area contributed by atoms with Crippen LogP contribution in [0.15, 0.2) is 48.7 Å². The Morgan fingerprint density at radius 2 is 2.00 bits per heavy atom. The maximum absolute atomic E-state index is 12.0. The first-order valence-electron chi connectivity index (χ1n) is 6.85. The lowest BCUT2D eigenvalue weighted by atomic mass is 10.2. The highest BCUT2D eigenvalue weighted by atomic mass is 16.5. The molecule has 2 N–H and O–H groups in total. The van der Waals surface area contributed by atoms with Crippen molar-refractivity contribution >= 4 is 17.4 Å². The third-order valence-electron chi connectivity index (χ3n) is 2.90. The van der Waals surface area contributed by atoms with Crippen molar-refractivity contribution in [3.63, 3.8) is 0 Å². The summed E-state index contributed by atoms with van der Waals surface area (Å²) >= 11 is 0. The average Bonchev–Trinajstić information content (AvgIpc) is 2.54. The molecule has 0 aliphatic carbocycles. The number of nitrogens with one attached hydrogen (secondary N) is 2. The van der Waals surface area contributed by atoms with E-state index in [9.17, 15) is 4.79 Å². The number of hydrogen-bond acceptors (Lipinski definition) is 4. The second kappa shape index (κ2) is 8.01. The van der Waals surface area contributed by atoms with E-state index in [-0.39, 0.29) is 5.91 Å². The molecule has 0 radical (unpaired) electrons. The van der Waals surface area contributed by atoms with Gasteiger partial charge in [0.15, 0.2) is 0 Å². The molecular weight excluding hydrogens is 266 g/mol. The number of pyridine rings is 1. The third-order valence-corrected chi connectivity index (χ3v) is 2.90. The molecule has 1 aromatic heterocycles. The van der Waals surface area contributed by atoms with Gasteiger partial charge in [-0.2, -0.15) is 0 Å². The van der Waals surface area contributed by atoms with Crippen molar-refractivity contribution in [3.05, 3.63) is 54.2 Å². The minimum absolute atomic E-state index is 0.163. The van der Waals surface area contributed by atoms with Gasteiger partial charge >= 0.3 is 0 Å². The summed E-state index contributed by atoms with van der Waals surface area (Å²) < 4.78 is 4.98. The Hall–Kier alpha value is -2.40. The third kappa shape index (κ3) is 4.89. The van der Waals surface area contributed by atoms with E-state index in [2.05, 4.69) is 15.6 Å². The predicted octanol–water partition coefficient (Wildman–Crippen LogP) is 2.78. The van der Waals surface area contributed by atoms with Crippen LogP contribution in [-0.4, -0.2) is 31.2 Å². The van der Waals surface area contributed by atoms with Crippen LogP contribution in [-0.2, 0) is 4.74 Å². The Morgan fingerprint density at radius 1 is 1.19 bits per heavy atom. The molecule has 21 heavy (non-hydrogen) atoms. The molecule has 110 valence electrons. The van der Waals surface area contributed by atoms with Gasteiger partial charge in [0.25, 0.3) is 5.91 Å². The molecule has 0 bridgehead atoms. The smallest absolute Gasteiger partial charge is 0.256 e. The van der Waals surface area contributed by atoms with E-state index in [0.29, 0.717) is 11.4 Å². The van der Waals surface area contributed by atoms with Gasteiger partial charge in [-0.3, -0.25) is 4.79 Å². The van der Waals surface area contributed by atoms with Crippen LogP contribution >= 0.6 is 0 Å². The largest absolute Gasteiger partial charge is 0.385 e. The quantitative estimate of drug-likeness (QED) is 0.768. The monoisotopic (exact) mass is 285 g/mol. The minimum atomic E-state index is -0.163. The molecule has 1 amide bonds. The molecule has 0 atom stereocenters. The lowest BCUT2D eigenvalue weighted by molar-refractivity contribution is 0.102. The number of amides is 1. The molecule has 1 aromatic carbocycles. The highest BCUT2D eigenvalue weighted by Gasteiger charge is 2.05. The topological polar surface area (TPSA) is 63.2 Å². The van der Waals surface area contributed by atoms with Crippen LogP contribution in [0.2, 0.25) is 0 Å². The number of carbonyl (C=O) groups is 1. The number of rotatable bonds is 7. The normalized spacial score (nSPS) is 10.1. The molecule has 0 fully saturated rings. The van der Waals surface area contributed by atoms with E-state index in [1.165, 1.54) is 0 Å². The number of hydrogen-bond donors (Lipinski definition) is 2. The van der Waals surface area contributed by atoms with Gasteiger partial charge in [-0.25, -0.2) is 4.98 Å². The van der Waals surface area contributed by atoms with Gasteiger partial charge in [-0.05, 0) is 30.7 Å². The molecule has 0 saturated heterocycles. The van der Waals surface area contributed by atoms with Crippen LogP contribution < -0.4 is 10.6 Å². The van der Waals surface area contributed by atoms with Crippen molar-refractivity contribution in [2.45, 2.75) is 6.42 Å². The summed E-state index contributed by atoms with van der Waals surface area (Å²) in [6.07, 6.45) is 2.64. The fourth-order valence-corrected chi connectivity index (χ4v) is 1.80. The number of carbonyl (C=O) groups excluding carboxylic acids is 1. The molecule has 1 heterocycles. The van der Waals surface area contributed by atoms with Crippen molar-refractivity contribution in [2.75, 3.05) is 30.9 Å². The summed E-state index contributed by atoms with van der Waals surface area (Å²) in [7, 11) is 1.69. The predicted molar refractivity (Wildman–Crippen MR) is 83.6 cm³/mol. The summed E-state index contributed by atoms with van der Waals surface area (Å²) in [5.41, 5.74) is 1.53. The molecule has 5 nitrogen and oxygen atoms in total. The molecule has 2 aromatic rings. The highest BCUT2D eigenvalue weighted by Crippen LogP contribution is 2.11. The molecule has 0 unspecified atom stereocenters. The van der Waals surface area contributed by atoms with Gasteiger partial charge in [0.2, 0.25) is 0 Å². The summed E-state index contributed by atoms with van der Waals surface area (Å²) in [4.78, 5) is 16.2. The molecule has 0 aliphatic heterocycles. The Morgan fingerprint density at radius 3 is 2.67 bits per heavy atom. The number of anilines is 2. The second-order valence-corrected chi connectivity index (χ2v) is 4.53. The first-order chi connectivity index (χ1) is 10.3. The Balaban J connectivity index is 1.86. The standard InChI is InChI=1S/C16H19N3O2/c1-21-11-5-10-17-14-8-9-15(18-12-14)19-16(20)13-6-3-2-4-7-13/h2-4,6-9,12,17H,5,10-11H2,1H3,(H,18,19,20). The number of ether oxygens (including phenoxy) is 1. The highest BCUT2D eigenvalue weighted by molar-refractivity contribution is 6.03. The van der Waals surface area contributed by atoms with Gasteiger partial charge in [0.1, 0.15) is 5.82 Å². The zero-order valence-corrected chi connectivity index (χ0v) is 12.0. The average molecular weight is 285 g/mol. The van der Waals surface area contributed by atoms with E-state index < -0.39 is 0 Å². The molecule has 0 aliphatic rings. The van der Waals surface area contributed by atoms with E-state index >= 15 is 0 Å². The fourth-order valence-electron chi connectivity index (χ4n) is 1.80. The van der Waals surface area contributed by atoms with Crippen LogP contribution in [0.5, 0.6) is 0 Å². The lowest BCUT2D eigenvalue weighted by Crippen LogP contribution is -2.12. The van der Waals surface area contributed by atoms with Crippen molar-refractivity contribution in [1.82, 2.24) is 4.98 Å². The van der Waals surface area contributed by atoms with E-state index in [0.717, 1.165) is 25.3 Å². The van der Waals surface area contributed by atoms with Crippen LogP contribution in [0.4, 0.5) is 11.5 Å². The summed E-state index contributed by atoms with van der Waals surface area (Å²) in [6, 6.07) is 12.7. The Bertz CT molecular complexity index is 555. The van der Waals surface area contributed by atoms with E-state index in [1.54, 1.807) is 31.5 Å². The van der Waals surface area contributed by atoms with E-state index in [4.69, 9.17) is 4.74 Å². The second-order valence-electron chi connectivity index (χ2n) is 4.53. The van der Waals surface area contributed by atoms with Gasteiger partial charge in [0, 0.05) is 25.8 Å². The van der Waals surface area contributed by atoms with Crippen LogP contribution in [0.1, 0.15) is 16.8 Å². The maximum atomic E-state index is 12.0. The van der Waals surface area contributed by atoms with Crippen molar-refractivity contribution in [3.8, 4) is 0 Å². The molecule has 2 rings (SSSR count). The minimum Gasteiger partial charge on any atom is -0.385 e. The first kappa shape index (κ1) is 15.0. The number of methoxy groups -OCH3 is 1. The number of aromatic nitrogens is 1. The van der Waals surface area contributed by atoms with Gasteiger partial charge < -0.3 is 15.4 Å². The van der Waals surface area contributed by atoms with Gasteiger partial charge in [-0.15, -0.1) is 0 Å². The number of benzene rings is 1. The SMILES string of the molecule is COCCCNc1ccc(NC(=O)c2ccccc2)nc1.